The summed E-state index contributed by atoms with van der Waals surface area (Å²) in [7, 11) is 1.36. The van der Waals surface area contributed by atoms with Crippen LogP contribution in [0.4, 0.5) is 0 Å². The summed E-state index contributed by atoms with van der Waals surface area (Å²) in [6.45, 7) is -0.868. The third-order valence-electron chi connectivity index (χ3n) is 3.30. The fourth-order valence-electron chi connectivity index (χ4n) is 2.33. The normalized spacial score (nSPS) is 22.4. The lowest BCUT2D eigenvalue weighted by Gasteiger charge is -2.22. The first-order valence-electron chi connectivity index (χ1n) is 7.43. The highest BCUT2D eigenvalue weighted by Gasteiger charge is 2.30. The van der Waals surface area contributed by atoms with Gasteiger partial charge in [-0.25, -0.2) is 0 Å². The van der Waals surface area contributed by atoms with Gasteiger partial charge in [-0.3, -0.25) is 9.69 Å². The number of carbonyl (C=O) groups is 1. The molecule has 2 rings (SSSR count). The van der Waals surface area contributed by atoms with Gasteiger partial charge in [-0.2, -0.15) is 0 Å². The van der Waals surface area contributed by atoms with E-state index in [0.29, 0.717) is 25.8 Å². The highest BCUT2D eigenvalue weighted by Crippen LogP contribution is 2.18. The molecule has 1 aliphatic rings. The molecule has 18 heavy (non-hydrogen) atoms. The molecule has 1 atom stereocenters. The Morgan fingerprint density at radius 1 is 1.50 bits per heavy atom. The molecule has 0 aliphatic carbocycles. The maximum atomic E-state index is 11.7. The fraction of sp³-hybridized carbons (Fsp3) is 0.533. The Bertz CT molecular complexity index is 450. The molecule has 3 heteroatoms. The average molecular weight is 249 g/mol. The molecule has 0 bridgehead atoms. The molecule has 0 radical (unpaired) electrons. The first-order valence-corrected chi connectivity index (χ1v) is 6.43. The summed E-state index contributed by atoms with van der Waals surface area (Å²) in [4.78, 5) is 13.4. The summed E-state index contributed by atoms with van der Waals surface area (Å²) in [6, 6.07) is 9.42. The van der Waals surface area contributed by atoms with Crippen LogP contribution in [-0.2, 0) is 16.0 Å². The number of hydrogen-bond acceptors (Lipinski definition) is 3. The van der Waals surface area contributed by atoms with Gasteiger partial charge in [0.1, 0.15) is 6.04 Å². The minimum Gasteiger partial charge on any atom is -0.468 e. The highest BCUT2D eigenvalue weighted by atomic mass is 16.5. The van der Waals surface area contributed by atoms with Gasteiger partial charge in [0.15, 0.2) is 0 Å². The Hall–Kier alpha value is -1.35. The van der Waals surface area contributed by atoms with Crippen LogP contribution in [0.15, 0.2) is 30.3 Å². The minimum absolute atomic E-state index is 0.328. The number of carbonyl (C=O) groups excluding carboxylic acids is 1. The van der Waals surface area contributed by atoms with Gasteiger partial charge in [-0.15, -0.1) is 0 Å². The first-order chi connectivity index (χ1) is 9.54. The second-order valence-corrected chi connectivity index (χ2v) is 4.52. The molecule has 1 aromatic carbocycles. The van der Waals surface area contributed by atoms with Crippen molar-refractivity contribution in [1.82, 2.24) is 4.90 Å². The van der Waals surface area contributed by atoms with Gasteiger partial charge in [0.2, 0.25) is 0 Å². The molecular weight excluding hydrogens is 226 g/mol. The molecule has 0 unspecified atom stereocenters. The summed E-state index contributed by atoms with van der Waals surface area (Å²) >= 11 is 0. The van der Waals surface area contributed by atoms with Crippen LogP contribution in [0.3, 0.4) is 0 Å². The Morgan fingerprint density at radius 3 is 3.00 bits per heavy atom. The quantitative estimate of drug-likeness (QED) is 0.750. The van der Waals surface area contributed by atoms with E-state index in [1.165, 1.54) is 7.11 Å². The van der Waals surface area contributed by atoms with E-state index in [1.807, 2.05) is 30.3 Å². The molecule has 0 amide bonds. The Kier molecular flexibility index (Phi) is 3.84. The zero-order valence-electron chi connectivity index (χ0n) is 12.8. The average Bonchev–Trinajstić information content (AvgIpc) is 2.96. The summed E-state index contributed by atoms with van der Waals surface area (Å²) in [5.41, 5.74) is 1.12. The molecule has 0 spiro atoms. The van der Waals surface area contributed by atoms with Crippen molar-refractivity contribution in [3.63, 3.8) is 0 Å². The smallest absolute Gasteiger partial charge is 0.323 e. The van der Waals surface area contributed by atoms with Crippen LogP contribution in [-0.4, -0.2) is 37.1 Å². The van der Waals surface area contributed by atoms with E-state index in [-0.39, 0.29) is 5.97 Å². The van der Waals surface area contributed by atoms with Crippen molar-refractivity contribution in [2.24, 2.45) is 0 Å². The van der Waals surface area contributed by atoms with Gasteiger partial charge >= 0.3 is 5.97 Å². The van der Waals surface area contributed by atoms with E-state index in [4.69, 9.17) is 7.48 Å². The molecule has 0 aromatic heterocycles. The number of ether oxygens (including phenoxy) is 1. The second kappa shape index (κ2) is 6.55. The number of likely N-dealkylation sites (tertiary alicyclic amines) is 1. The monoisotopic (exact) mass is 249 g/mol. The van der Waals surface area contributed by atoms with Crippen LogP contribution >= 0.6 is 0 Å². The number of aryl methyl sites for hydroxylation is 1. The molecule has 1 fully saturated rings. The minimum atomic E-state index is -1.48. The first kappa shape index (κ1) is 10.6. The Morgan fingerprint density at radius 2 is 2.28 bits per heavy atom. The Balaban J connectivity index is 2.00. The van der Waals surface area contributed by atoms with Crippen molar-refractivity contribution >= 4 is 5.97 Å². The van der Waals surface area contributed by atoms with E-state index in [9.17, 15) is 4.79 Å². The summed E-state index contributed by atoms with van der Waals surface area (Å²) in [6.07, 6.45) is 2.56. The third kappa shape index (κ3) is 3.33. The maximum absolute atomic E-state index is 11.7. The van der Waals surface area contributed by atoms with Crippen molar-refractivity contribution in [1.29, 1.82) is 0 Å². The van der Waals surface area contributed by atoms with Crippen molar-refractivity contribution < 1.29 is 12.3 Å². The number of methoxy groups -OCH3 is 1. The molecule has 0 saturated carbocycles. The van der Waals surface area contributed by atoms with Crippen LogP contribution < -0.4 is 0 Å². The fourth-order valence-corrected chi connectivity index (χ4v) is 2.33. The molecule has 1 aromatic rings. The number of nitrogens with zero attached hydrogens (tertiary/aromatic N) is 1. The molecular formula is C15H21NO2. The third-order valence-corrected chi connectivity index (χ3v) is 3.30. The van der Waals surface area contributed by atoms with Crippen molar-refractivity contribution in [3.8, 4) is 0 Å². The molecule has 1 saturated heterocycles. The predicted octanol–water partition coefficient (Wildman–Crippen LogP) is 2.26. The van der Waals surface area contributed by atoms with E-state index in [0.717, 1.165) is 12.0 Å². The molecule has 3 nitrogen and oxygen atoms in total. The van der Waals surface area contributed by atoms with E-state index >= 15 is 0 Å². The van der Waals surface area contributed by atoms with Gasteiger partial charge in [-0.1, -0.05) is 30.3 Å². The number of hydrogen-bond donors (Lipinski definition) is 0. The second-order valence-electron chi connectivity index (χ2n) is 4.52. The van der Waals surface area contributed by atoms with Crippen LogP contribution in [0.2, 0.25) is 0 Å². The van der Waals surface area contributed by atoms with Crippen molar-refractivity contribution in [2.45, 2.75) is 31.7 Å². The van der Waals surface area contributed by atoms with Crippen molar-refractivity contribution in [2.75, 3.05) is 20.2 Å². The van der Waals surface area contributed by atoms with Gasteiger partial charge in [0, 0.05) is 2.74 Å². The standard InChI is InChI=1S/C15H21NO2/c1-18-15(17)14-10-6-12-16(14)11-5-9-13-7-3-2-4-8-13/h2-4,7-8,14H,5-6,9-12H2,1H3/t14-/m0/s1/i11D2. The summed E-state index contributed by atoms with van der Waals surface area (Å²) < 4.78 is 21.3. The SMILES string of the molecule is [2H]C([2H])(CCc1ccccc1)N1CCC[C@H]1C(=O)OC. The largest absolute Gasteiger partial charge is 0.468 e. The van der Waals surface area contributed by atoms with Gasteiger partial charge in [-0.05, 0) is 44.3 Å². The van der Waals surface area contributed by atoms with Crippen molar-refractivity contribution in [3.05, 3.63) is 35.9 Å². The lowest BCUT2D eigenvalue weighted by molar-refractivity contribution is -0.145. The number of esters is 1. The van der Waals surface area contributed by atoms with Gasteiger partial charge in [0.05, 0.1) is 7.11 Å². The maximum Gasteiger partial charge on any atom is 0.323 e. The van der Waals surface area contributed by atoms with Crippen LogP contribution in [0, 0.1) is 0 Å². The van der Waals surface area contributed by atoms with Gasteiger partial charge < -0.3 is 4.74 Å². The summed E-state index contributed by atoms with van der Waals surface area (Å²) in [5, 5.41) is 0. The number of rotatable bonds is 5. The van der Waals surface area contributed by atoms with E-state index in [2.05, 4.69) is 0 Å². The van der Waals surface area contributed by atoms with Gasteiger partial charge in [0.25, 0.3) is 0 Å². The Labute approximate surface area is 112 Å². The highest BCUT2D eigenvalue weighted by molar-refractivity contribution is 5.75. The molecule has 1 aliphatic heterocycles. The van der Waals surface area contributed by atoms with Crippen LogP contribution in [0.1, 0.15) is 27.6 Å². The summed E-state index contributed by atoms with van der Waals surface area (Å²) in [5.74, 6) is -0.328. The molecule has 98 valence electrons. The van der Waals surface area contributed by atoms with E-state index < -0.39 is 12.5 Å². The van der Waals surface area contributed by atoms with E-state index in [1.54, 1.807) is 4.90 Å². The van der Waals surface area contributed by atoms with Crippen LogP contribution in [0.25, 0.3) is 0 Å². The predicted molar refractivity (Wildman–Crippen MR) is 71.4 cm³/mol. The molecule has 0 N–H and O–H groups in total. The lowest BCUT2D eigenvalue weighted by Crippen LogP contribution is -2.37. The zero-order chi connectivity index (χ0) is 14.6. The zero-order valence-corrected chi connectivity index (χ0v) is 10.8. The topological polar surface area (TPSA) is 29.5 Å². The number of benzene rings is 1. The van der Waals surface area contributed by atoms with Crippen LogP contribution in [0.5, 0.6) is 0 Å². The molecule has 1 heterocycles. The lowest BCUT2D eigenvalue weighted by atomic mass is 10.1.